The van der Waals surface area contributed by atoms with Gasteiger partial charge < -0.3 is 30.6 Å². The van der Waals surface area contributed by atoms with Crippen molar-refractivity contribution in [1.82, 2.24) is 0 Å². The van der Waals surface area contributed by atoms with Crippen LogP contribution in [0.4, 0.5) is 0 Å². The van der Waals surface area contributed by atoms with E-state index in [2.05, 4.69) is 0 Å². The quantitative estimate of drug-likeness (QED) is 0.397. The molecule has 1 aromatic heterocycles. The fourth-order valence-electron chi connectivity index (χ4n) is 2.32. The Labute approximate surface area is 131 Å². The molecule has 122 valence electrons. The van der Waals surface area contributed by atoms with Gasteiger partial charge in [0.25, 0.3) is 0 Å². The molecule has 0 bridgehead atoms. The Morgan fingerprint density at radius 2 is 1.77 bits per heavy atom. The van der Waals surface area contributed by atoms with Crippen molar-refractivity contribution in [3.8, 4) is 0 Å². The molecule has 0 amide bonds. The summed E-state index contributed by atoms with van der Waals surface area (Å²) >= 11 is 1.41. The smallest absolute Gasteiger partial charge is 0.121 e. The third kappa shape index (κ3) is 3.47. The molecular weight excluding hydrogens is 308 g/mol. The monoisotopic (exact) mass is 328 g/mol. The van der Waals surface area contributed by atoms with Gasteiger partial charge in [0, 0.05) is 16.0 Å². The van der Waals surface area contributed by atoms with Crippen LogP contribution in [0.2, 0.25) is 0 Å². The van der Waals surface area contributed by atoms with Crippen LogP contribution in [-0.4, -0.2) is 67.8 Å². The Balaban J connectivity index is 2.22. The zero-order valence-electron chi connectivity index (χ0n) is 11.8. The van der Waals surface area contributed by atoms with Crippen molar-refractivity contribution in [3.05, 3.63) is 35.2 Å². The van der Waals surface area contributed by atoms with Gasteiger partial charge in [-0.2, -0.15) is 0 Å². The van der Waals surface area contributed by atoms with E-state index in [1.54, 1.807) is 0 Å². The molecule has 0 saturated heterocycles. The molecule has 6 N–H and O–H groups in total. The number of aliphatic hydroxyl groups is 6. The molecule has 0 unspecified atom stereocenters. The molecule has 1 aromatic carbocycles. The van der Waals surface area contributed by atoms with Gasteiger partial charge in [0.15, 0.2) is 0 Å². The van der Waals surface area contributed by atoms with Gasteiger partial charge in [-0.1, -0.05) is 18.2 Å². The molecule has 7 heteroatoms. The molecule has 2 aromatic rings. The van der Waals surface area contributed by atoms with Crippen LogP contribution in [0.1, 0.15) is 4.88 Å². The molecule has 0 aliphatic rings. The van der Waals surface area contributed by atoms with Gasteiger partial charge in [0.2, 0.25) is 0 Å². The van der Waals surface area contributed by atoms with Crippen LogP contribution < -0.4 is 0 Å². The highest BCUT2D eigenvalue weighted by Crippen LogP contribution is 2.30. The van der Waals surface area contributed by atoms with Gasteiger partial charge in [-0.3, -0.25) is 0 Å². The summed E-state index contributed by atoms with van der Waals surface area (Å²) in [6.45, 7) is -1.56. The standard InChI is InChI=1S/C15H20O6S/c16-7-11(18)13(19)14(20)15(21,8-17)6-10-5-9-3-1-2-4-12(9)22-10/h1-5,11,13-14,16-21H,6-8H2/t11-,13+,14-,15+/m0/s1. The van der Waals surface area contributed by atoms with Crippen LogP contribution >= 0.6 is 11.3 Å². The van der Waals surface area contributed by atoms with E-state index < -0.39 is 37.1 Å². The molecule has 0 aliphatic heterocycles. The number of benzene rings is 1. The molecule has 1 heterocycles. The molecule has 0 fully saturated rings. The lowest BCUT2D eigenvalue weighted by Gasteiger charge is -2.35. The zero-order valence-corrected chi connectivity index (χ0v) is 12.6. The van der Waals surface area contributed by atoms with E-state index in [4.69, 9.17) is 5.11 Å². The average Bonchev–Trinajstić information content (AvgIpc) is 2.94. The molecule has 0 saturated carbocycles. The predicted molar refractivity (Wildman–Crippen MR) is 82.7 cm³/mol. The molecular formula is C15H20O6S. The summed E-state index contributed by atoms with van der Waals surface area (Å²) in [7, 11) is 0. The third-order valence-corrected chi connectivity index (χ3v) is 4.80. The maximum Gasteiger partial charge on any atom is 0.121 e. The number of rotatable bonds is 7. The number of hydrogen-bond acceptors (Lipinski definition) is 7. The van der Waals surface area contributed by atoms with Gasteiger partial charge in [-0.05, 0) is 17.5 Å². The second-order valence-electron chi connectivity index (χ2n) is 5.37. The molecule has 6 nitrogen and oxygen atoms in total. The summed E-state index contributed by atoms with van der Waals surface area (Å²) in [4.78, 5) is 0.725. The lowest BCUT2D eigenvalue weighted by atomic mass is 9.87. The SMILES string of the molecule is OC[C@H](O)[C@@H](O)[C@H](O)[C@](O)(CO)Cc1cc2ccccc2s1. The Morgan fingerprint density at radius 1 is 1.09 bits per heavy atom. The van der Waals surface area contributed by atoms with Gasteiger partial charge in [-0.25, -0.2) is 0 Å². The van der Waals surface area contributed by atoms with Crippen LogP contribution in [0.5, 0.6) is 0 Å². The molecule has 2 rings (SSSR count). The van der Waals surface area contributed by atoms with Crippen molar-refractivity contribution in [3.63, 3.8) is 0 Å². The molecule has 22 heavy (non-hydrogen) atoms. The first kappa shape index (κ1) is 17.3. The highest BCUT2D eigenvalue weighted by Gasteiger charge is 2.42. The molecule has 0 radical (unpaired) electrons. The Bertz CT molecular complexity index is 582. The Kier molecular flexibility index (Phi) is 5.51. The van der Waals surface area contributed by atoms with E-state index in [0.29, 0.717) is 0 Å². The van der Waals surface area contributed by atoms with Crippen molar-refractivity contribution < 1.29 is 30.6 Å². The number of hydrogen-bond donors (Lipinski definition) is 6. The average molecular weight is 328 g/mol. The van der Waals surface area contributed by atoms with E-state index in [1.807, 2.05) is 30.3 Å². The minimum atomic E-state index is -2.02. The maximum absolute atomic E-state index is 10.4. The van der Waals surface area contributed by atoms with Crippen LogP contribution in [0.3, 0.4) is 0 Å². The summed E-state index contributed by atoms with van der Waals surface area (Å²) in [5.74, 6) is 0. The van der Waals surface area contributed by atoms with Crippen molar-refractivity contribution in [2.24, 2.45) is 0 Å². The molecule has 0 aliphatic carbocycles. The highest BCUT2D eigenvalue weighted by atomic mass is 32.1. The lowest BCUT2D eigenvalue weighted by molar-refractivity contribution is -0.171. The minimum absolute atomic E-state index is 0.0841. The lowest BCUT2D eigenvalue weighted by Crippen LogP contribution is -2.56. The summed E-state index contributed by atoms with van der Waals surface area (Å²) in [6.07, 6.45) is -5.25. The van der Waals surface area contributed by atoms with E-state index in [-0.39, 0.29) is 6.42 Å². The number of fused-ring (bicyclic) bond motifs is 1. The van der Waals surface area contributed by atoms with Crippen molar-refractivity contribution >= 4 is 21.4 Å². The minimum Gasteiger partial charge on any atom is -0.394 e. The first-order chi connectivity index (χ1) is 10.4. The van der Waals surface area contributed by atoms with E-state index in [1.165, 1.54) is 11.3 Å². The fraction of sp³-hybridized carbons (Fsp3) is 0.467. The Hall–Kier alpha value is -1.06. The van der Waals surface area contributed by atoms with Gasteiger partial charge >= 0.3 is 0 Å². The summed E-state index contributed by atoms with van der Waals surface area (Å²) < 4.78 is 1.00. The fourth-order valence-corrected chi connectivity index (χ4v) is 3.50. The van der Waals surface area contributed by atoms with Crippen molar-refractivity contribution in [2.75, 3.05) is 13.2 Å². The zero-order chi connectivity index (χ0) is 16.3. The van der Waals surface area contributed by atoms with Crippen LogP contribution in [0.15, 0.2) is 30.3 Å². The van der Waals surface area contributed by atoms with Crippen molar-refractivity contribution in [2.45, 2.75) is 30.3 Å². The van der Waals surface area contributed by atoms with Crippen LogP contribution in [-0.2, 0) is 6.42 Å². The second kappa shape index (κ2) is 7.01. The van der Waals surface area contributed by atoms with Gasteiger partial charge in [-0.15, -0.1) is 11.3 Å². The first-order valence-corrected chi connectivity index (χ1v) is 7.68. The summed E-state index contributed by atoms with van der Waals surface area (Å²) in [5, 5.41) is 58.8. The van der Waals surface area contributed by atoms with Crippen LogP contribution in [0.25, 0.3) is 10.1 Å². The maximum atomic E-state index is 10.4. The van der Waals surface area contributed by atoms with Crippen LogP contribution in [0, 0.1) is 0 Å². The van der Waals surface area contributed by atoms with E-state index >= 15 is 0 Å². The highest BCUT2D eigenvalue weighted by molar-refractivity contribution is 7.19. The first-order valence-electron chi connectivity index (χ1n) is 6.87. The van der Waals surface area contributed by atoms with E-state index in [9.17, 15) is 25.5 Å². The van der Waals surface area contributed by atoms with Gasteiger partial charge in [0.05, 0.1) is 13.2 Å². The molecule has 0 spiro atoms. The Morgan fingerprint density at radius 3 is 2.36 bits per heavy atom. The summed E-state index contributed by atoms with van der Waals surface area (Å²) in [5.41, 5.74) is -2.02. The van der Waals surface area contributed by atoms with E-state index in [0.717, 1.165) is 15.0 Å². The predicted octanol–water partition coefficient (Wildman–Crippen LogP) is -0.758. The van der Waals surface area contributed by atoms with Crippen molar-refractivity contribution in [1.29, 1.82) is 0 Å². The largest absolute Gasteiger partial charge is 0.394 e. The summed E-state index contributed by atoms with van der Waals surface area (Å²) in [6, 6.07) is 9.43. The number of aliphatic hydroxyl groups excluding tert-OH is 5. The van der Waals surface area contributed by atoms with Gasteiger partial charge in [0.1, 0.15) is 23.9 Å². The topological polar surface area (TPSA) is 121 Å². The second-order valence-corrected chi connectivity index (χ2v) is 6.54. The normalized spacial score (nSPS) is 18.8. The third-order valence-electron chi connectivity index (χ3n) is 3.69. The molecule has 4 atom stereocenters. The number of thiophene rings is 1.